The Balaban J connectivity index is 2.54. The molecule has 132 valence electrons. The van der Waals surface area contributed by atoms with E-state index in [4.69, 9.17) is 0 Å². The molecule has 0 N–H and O–H groups in total. The Morgan fingerprint density at radius 2 is 1.54 bits per heavy atom. The van der Waals surface area contributed by atoms with Gasteiger partial charge in [0.25, 0.3) is 0 Å². The fourth-order valence-corrected chi connectivity index (χ4v) is 2.44. The van der Waals surface area contributed by atoms with Crippen molar-refractivity contribution in [3.8, 4) is 0 Å². The molecule has 24 heavy (non-hydrogen) atoms. The average Bonchev–Trinajstić information content (AvgIpc) is 2.55. The zero-order valence-electron chi connectivity index (χ0n) is 15.4. The Bertz CT molecular complexity index is 607. The number of likely N-dealkylation sites (N-methyl/N-ethyl adjacent to an activating group) is 2. The predicted octanol–water partition coefficient (Wildman–Crippen LogP) is 2.59. The Labute approximate surface area is 144 Å². The molecule has 0 spiro atoms. The van der Waals surface area contributed by atoms with Crippen molar-refractivity contribution in [3.63, 3.8) is 0 Å². The van der Waals surface area contributed by atoms with Gasteiger partial charge in [-0.1, -0.05) is 12.1 Å². The molecule has 2 amide bonds. The van der Waals surface area contributed by atoms with Crippen LogP contribution in [0.2, 0.25) is 0 Å². The van der Waals surface area contributed by atoms with Gasteiger partial charge in [-0.25, -0.2) is 0 Å². The van der Waals surface area contributed by atoms with Crippen molar-refractivity contribution < 1.29 is 14.4 Å². The van der Waals surface area contributed by atoms with Gasteiger partial charge in [0.1, 0.15) is 0 Å². The van der Waals surface area contributed by atoms with E-state index in [-0.39, 0.29) is 37.0 Å². The lowest BCUT2D eigenvalue weighted by molar-refractivity contribution is -0.139. The van der Waals surface area contributed by atoms with Gasteiger partial charge in [0, 0.05) is 38.5 Å². The number of amides is 2. The molecule has 0 unspecified atom stereocenters. The van der Waals surface area contributed by atoms with Crippen LogP contribution in [0.15, 0.2) is 18.2 Å². The first-order valence-electron chi connectivity index (χ1n) is 8.42. The minimum Gasteiger partial charge on any atom is -0.342 e. The molecule has 0 atom stereocenters. The van der Waals surface area contributed by atoms with Crippen molar-refractivity contribution in [1.82, 2.24) is 9.80 Å². The molecule has 5 heteroatoms. The molecule has 0 aliphatic heterocycles. The molecule has 0 aliphatic carbocycles. The number of Topliss-reactive ketones (excluding diaryl/α,β-unsaturated/α-hetero) is 1. The Hall–Kier alpha value is -2.17. The average molecular weight is 332 g/mol. The van der Waals surface area contributed by atoms with Crippen LogP contribution in [0.5, 0.6) is 0 Å². The summed E-state index contributed by atoms with van der Waals surface area (Å²) in [5.74, 6) is -0.307. The second-order valence-electron chi connectivity index (χ2n) is 6.04. The zero-order chi connectivity index (χ0) is 18.3. The zero-order valence-corrected chi connectivity index (χ0v) is 15.4. The lowest BCUT2D eigenvalue weighted by Gasteiger charge is -2.23. The third kappa shape index (κ3) is 5.48. The summed E-state index contributed by atoms with van der Waals surface area (Å²) in [6.45, 7) is 9.08. The van der Waals surface area contributed by atoms with Gasteiger partial charge in [0.2, 0.25) is 11.8 Å². The van der Waals surface area contributed by atoms with E-state index in [9.17, 15) is 14.4 Å². The molecule has 1 aromatic rings. The molecule has 0 fully saturated rings. The van der Waals surface area contributed by atoms with E-state index in [1.54, 1.807) is 18.0 Å². The van der Waals surface area contributed by atoms with Crippen molar-refractivity contribution >= 4 is 17.6 Å². The van der Waals surface area contributed by atoms with Crippen LogP contribution in [-0.2, 0) is 9.59 Å². The number of hydrogen-bond acceptors (Lipinski definition) is 3. The van der Waals surface area contributed by atoms with Crippen LogP contribution in [0, 0.1) is 13.8 Å². The largest absolute Gasteiger partial charge is 0.342 e. The van der Waals surface area contributed by atoms with Crippen molar-refractivity contribution in [3.05, 3.63) is 34.9 Å². The number of ketones is 1. The molecule has 0 heterocycles. The van der Waals surface area contributed by atoms with Crippen molar-refractivity contribution in [1.29, 1.82) is 0 Å². The highest BCUT2D eigenvalue weighted by Gasteiger charge is 2.17. The number of benzene rings is 1. The maximum Gasteiger partial charge on any atom is 0.242 e. The number of hydrogen-bond donors (Lipinski definition) is 0. The summed E-state index contributed by atoms with van der Waals surface area (Å²) in [5, 5.41) is 0. The molecule has 1 rings (SSSR count). The maximum absolute atomic E-state index is 12.2. The second kappa shape index (κ2) is 9.21. The van der Waals surface area contributed by atoms with Crippen molar-refractivity contribution in [2.45, 2.75) is 40.5 Å². The van der Waals surface area contributed by atoms with E-state index in [0.29, 0.717) is 18.7 Å². The van der Waals surface area contributed by atoms with Gasteiger partial charge < -0.3 is 9.80 Å². The molecule has 0 saturated carbocycles. The first kappa shape index (κ1) is 19.9. The lowest BCUT2D eigenvalue weighted by atomic mass is 10.0. The molecule has 0 radical (unpaired) electrons. The van der Waals surface area contributed by atoms with E-state index in [1.165, 1.54) is 4.90 Å². The van der Waals surface area contributed by atoms with Gasteiger partial charge in [-0.05, 0) is 44.9 Å². The quantitative estimate of drug-likeness (QED) is 0.688. The smallest absolute Gasteiger partial charge is 0.242 e. The second-order valence-corrected chi connectivity index (χ2v) is 6.04. The standard InChI is InChI=1S/C19H28N2O3/c1-6-21(7-2)19(24)13-20(5)18(23)11-10-17(22)16-9-8-14(3)15(4)12-16/h8-9,12H,6-7,10-11,13H2,1-5H3. The van der Waals surface area contributed by atoms with Gasteiger partial charge in [-0.3, -0.25) is 14.4 Å². The van der Waals surface area contributed by atoms with Crippen LogP contribution in [0.3, 0.4) is 0 Å². The summed E-state index contributed by atoms with van der Waals surface area (Å²) in [6, 6.07) is 5.57. The Morgan fingerprint density at radius 3 is 2.08 bits per heavy atom. The predicted molar refractivity (Wildman–Crippen MR) is 95.0 cm³/mol. The van der Waals surface area contributed by atoms with Crippen molar-refractivity contribution in [2.24, 2.45) is 0 Å². The van der Waals surface area contributed by atoms with Crippen molar-refractivity contribution in [2.75, 3.05) is 26.7 Å². The third-order valence-electron chi connectivity index (χ3n) is 4.31. The molecule has 5 nitrogen and oxygen atoms in total. The van der Waals surface area contributed by atoms with Crippen LogP contribution in [0.1, 0.15) is 48.2 Å². The van der Waals surface area contributed by atoms with Crippen LogP contribution in [0.25, 0.3) is 0 Å². The molecule has 0 bridgehead atoms. The monoisotopic (exact) mass is 332 g/mol. The highest BCUT2D eigenvalue weighted by Crippen LogP contribution is 2.13. The summed E-state index contributed by atoms with van der Waals surface area (Å²) in [6.07, 6.45) is 0.277. The Morgan fingerprint density at radius 1 is 0.917 bits per heavy atom. The van der Waals surface area contributed by atoms with Gasteiger partial charge in [0.05, 0.1) is 6.54 Å². The lowest BCUT2D eigenvalue weighted by Crippen LogP contribution is -2.41. The summed E-state index contributed by atoms with van der Waals surface area (Å²) in [7, 11) is 1.60. The molecule has 0 aliphatic rings. The summed E-state index contributed by atoms with van der Waals surface area (Å²) in [5.41, 5.74) is 2.83. The minimum absolute atomic E-state index is 0.0464. The molecule has 1 aromatic carbocycles. The summed E-state index contributed by atoms with van der Waals surface area (Å²) >= 11 is 0. The summed E-state index contributed by atoms with van der Waals surface area (Å²) in [4.78, 5) is 39.4. The maximum atomic E-state index is 12.2. The number of carbonyl (C=O) groups excluding carboxylic acids is 3. The Kier molecular flexibility index (Phi) is 7.62. The SMILES string of the molecule is CCN(CC)C(=O)CN(C)C(=O)CCC(=O)c1ccc(C)c(C)c1. The first-order chi connectivity index (χ1) is 11.3. The topological polar surface area (TPSA) is 57.7 Å². The van der Waals surface area contributed by atoms with Gasteiger partial charge >= 0.3 is 0 Å². The fraction of sp³-hybridized carbons (Fsp3) is 0.526. The fourth-order valence-electron chi connectivity index (χ4n) is 2.44. The first-order valence-corrected chi connectivity index (χ1v) is 8.42. The molecule has 0 aromatic heterocycles. The molecule has 0 saturated heterocycles. The molecular weight excluding hydrogens is 304 g/mol. The third-order valence-corrected chi connectivity index (χ3v) is 4.31. The number of aryl methyl sites for hydroxylation is 2. The minimum atomic E-state index is -0.187. The van der Waals surface area contributed by atoms with Gasteiger partial charge in [0.15, 0.2) is 5.78 Å². The highest BCUT2D eigenvalue weighted by molar-refractivity contribution is 5.98. The number of nitrogens with zero attached hydrogens (tertiary/aromatic N) is 2. The van der Waals surface area contributed by atoms with Crippen LogP contribution >= 0.6 is 0 Å². The van der Waals surface area contributed by atoms with E-state index >= 15 is 0 Å². The van der Waals surface area contributed by atoms with E-state index in [2.05, 4.69) is 0 Å². The van der Waals surface area contributed by atoms with E-state index in [0.717, 1.165) is 11.1 Å². The van der Waals surface area contributed by atoms with Crippen LogP contribution < -0.4 is 0 Å². The van der Waals surface area contributed by atoms with Gasteiger partial charge in [-0.15, -0.1) is 0 Å². The van der Waals surface area contributed by atoms with E-state index in [1.807, 2.05) is 39.8 Å². The van der Waals surface area contributed by atoms with Crippen LogP contribution in [0.4, 0.5) is 0 Å². The number of rotatable bonds is 8. The summed E-state index contributed by atoms with van der Waals surface area (Å²) < 4.78 is 0. The highest BCUT2D eigenvalue weighted by atomic mass is 16.2. The molecular formula is C19H28N2O3. The van der Waals surface area contributed by atoms with Crippen LogP contribution in [-0.4, -0.2) is 54.1 Å². The van der Waals surface area contributed by atoms with Gasteiger partial charge in [-0.2, -0.15) is 0 Å². The normalized spacial score (nSPS) is 10.4. The number of carbonyl (C=O) groups is 3. The van der Waals surface area contributed by atoms with E-state index < -0.39 is 0 Å².